The molecule has 0 aliphatic heterocycles. The van der Waals surface area contributed by atoms with Gasteiger partial charge in [0.1, 0.15) is 11.4 Å². The average Bonchev–Trinajstić information content (AvgIpc) is 2.96. The first-order chi connectivity index (χ1) is 13.4. The molecule has 1 heterocycles. The fourth-order valence-corrected chi connectivity index (χ4v) is 3.07. The van der Waals surface area contributed by atoms with Crippen LogP contribution in [0.15, 0.2) is 48.5 Å². The number of hydrogen-bond donors (Lipinski definition) is 1. The molecule has 0 radical (unpaired) electrons. The summed E-state index contributed by atoms with van der Waals surface area (Å²) in [6, 6.07) is 14.9. The van der Waals surface area contributed by atoms with Gasteiger partial charge in [-0.3, -0.25) is 19.6 Å². The molecule has 1 N–H and O–H groups in total. The average molecular weight is 378 g/mol. The lowest BCUT2D eigenvalue weighted by Crippen LogP contribution is -2.12. The number of carbonyl (C=O) groups is 1. The molecule has 7 heteroatoms. The highest BCUT2D eigenvalue weighted by molar-refractivity contribution is 6.04. The first-order valence-corrected chi connectivity index (χ1v) is 9.06. The molecule has 0 aliphatic carbocycles. The van der Waals surface area contributed by atoms with Crippen molar-refractivity contribution >= 4 is 17.3 Å². The number of nitrogens with one attached hydrogen (secondary N) is 1. The van der Waals surface area contributed by atoms with E-state index in [1.54, 1.807) is 30.7 Å². The highest BCUT2D eigenvalue weighted by Gasteiger charge is 2.21. The quantitative estimate of drug-likeness (QED) is 0.512. The molecule has 0 spiro atoms. The van der Waals surface area contributed by atoms with Gasteiger partial charge in [0.25, 0.3) is 5.91 Å². The van der Waals surface area contributed by atoms with Crippen LogP contribution in [0.1, 0.15) is 39.8 Å². The maximum Gasteiger partial charge on any atom is 0.312 e. The molecule has 144 valence electrons. The fraction of sp³-hybridized carbons (Fsp3) is 0.238. The van der Waals surface area contributed by atoms with Gasteiger partial charge in [0.15, 0.2) is 0 Å². The zero-order valence-electron chi connectivity index (χ0n) is 16.1. The predicted molar refractivity (Wildman–Crippen MR) is 108 cm³/mol. The summed E-state index contributed by atoms with van der Waals surface area (Å²) >= 11 is 0. The summed E-state index contributed by atoms with van der Waals surface area (Å²) in [5.74, 6) is -0.183. The van der Waals surface area contributed by atoms with Crippen molar-refractivity contribution in [1.29, 1.82) is 0 Å². The summed E-state index contributed by atoms with van der Waals surface area (Å²) in [7, 11) is 0. The Morgan fingerprint density at radius 2 is 1.68 bits per heavy atom. The van der Waals surface area contributed by atoms with Crippen molar-refractivity contribution in [3.05, 3.63) is 86.7 Å². The Labute approximate surface area is 163 Å². The molecule has 0 saturated carbocycles. The maximum atomic E-state index is 12.4. The molecule has 3 rings (SSSR count). The number of anilines is 1. The van der Waals surface area contributed by atoms with Gasteiger partial charge in [0, 0.05) is 11.3 Å². The van der Waals surface area contributed by atoms with E-state index in [0.717, 1.165) is 17.7 Å². The monoisotopic (exact) mass is 378 g/mol. The standard InChI is InChI=1S/C21H22N4O3/c1-4-16-7-11-19(12-8-16)22-21(26)18-9-5-17(6-10-18)13-24-15(3)20(25(27)28)14(2)23-24/h5-12H,4,13H2,1-3H3,(H,22,26). The third-order valence-corrected chi connectivity index (χ3v) is 4.69. The first-order valence-electron chi connectivity index (χ1n) is 9.06. The second kappa shape index (κ2) is 8.04. The van der Waals surface area contributed by atoms with Crippen LogP contribution >= 0.6 is 0 Å². The highest BCUT2D eigenvalue weighted by Crippen LogP contribution is 2.22. The number of carbonyl (C=O) groups excluding carboxylic acids is 1. The third kappa shape index (κ3) is 4.09. The van der Waals surface area contributed by atoms with Gasteiger partial charge >= 0.3 is 5.69 Å². The van der Waals surface area contributed by atoms with E-state index in [1.165, 1.54) is 5.56 Å². The number of hydrogen-bond acceptors (Lipinski definition) is 4. The van der Waals surface area contributed by atoms with Crippen LogP contribution in [0.3, 0.4) is 0 Å². The van der Waals surface area contributed by atoms with Crippen LogP contribution < -0.4 is 5.32 Å². The lowest BCUT2D eigenvalue weighted by molar-refractivity contribution is -0.386. The topological polar surface area (TPSA) is 90.1 Å². The lowest BCUT2D eigenvalue weighted by atomic mass is 10.1. The van der Waals surface area contributed by atoms with Crippen LogP contribution in [-0.4, -0.2) is 20.6 Å². The highest BCUT2D eigenvalue weighted by atomic mass is 16.6. The molecule has 1 amide bonds. The van der Waals surface area contributed by atoms with Crippen molar-refractivity contribution in [3.63, 3.8) is 0 Å². The molecule has 0 fully saturated rings. The third-order valence-electron chi connectivity index (χ3n) is 4.69. The summed E-state index contributed by atoms with van der Waals surface area (Å²) in [6.07, 6.45) is 0.952. The summed E-state index contributed by atoms with van der Waals surface area (Å²) in [6.45, 7) is 5.80. The van der Waals surface area contributed by atoms with Gasteiger partial charge in [-0.1, -0.05) is 31.2 Å². The van der Waals surface area contributed by atoms with E-state index in [0.29, 0.717) is 23.5 Å². The number of benzene rings is 2. The molecule has 28 heavy (non-hydrogen) atoms. The van der Waals surface area contributed by atoms with Gasteiger partial charge in [-0.2, -0.15) is 5.10 Å². The molecule has 0 aliphatic rings. The van der Waals surface area contributed by atoms with Crippen LogP contribution in [0.5, 0.6) is 0 Å². The Bertz CT molecular complexity index is 1010. The van der Waals surface area contributed by atoms with Crippen molar-refractivity contribution in [2.45, 2.75) is 33.7 Å². The minimum absolute atomic E-state index is 0.0464. The maximum absolute atomic E-state index is 12.4. The van der Waals surface area contributed by atoms with Crippen molar-refractivity contribution in [3.8, 4) is 0 Å². The van der Waals surface area contributed by atoms with Crippen LogP contribution in [0.2, 0.25) is 0 Å². The Kier molecular flexibility index (Phi) is 5.54. The van der Waals surface area contributed by atoms with Gasteiger partial charge in [0.05, 0.1) is 11.5 Å². The minimum Gasteiger partial charge on any atom is -0.322 e. The Hall–Kier alpha value is -3.48. The molecule has 2 aromatic carbocycles. The second-order valence-corrected chi connectivity index (χ2v) is 6.64. The molecule has 0 saturated heterocycles. The van der Waals surface area contributed by atoms with E-state index in [4.69, 9.17) is 0 Å². The Morgan fingerprint density at radius 3 is 2.21 bits per heavy atom. The second-order valence-electron chi connectivity index (χ2n) is 6.64. The van der Waals surface area contributed by atoms with Crippen LogP contribution in [0.4, 0.5) is 11.4 Å². The van der Waals surface area contributed by atoms with E-state index in [2.05, 4.69) is 17.3 Å². The summed E-state index contributed by atoms with van der Waals surface area (Å²) < 4.78 is 1.61. The SMILES string of the molecule is CCc1ccc(NC(=O)c2ccc(Cn3nc(C)c([N+](=O)[O-])c3C)cc2)cc1. The van der Waals surface area contributed by atoms with E-state index >= 15 is 0 Å². The van der Waals surface area contributed by atoms with Gasteiger partial charge in [0.2, 0.25) is 0 Å². The first kappa shape index (κ1) is 19.3. The Morgan fingerprint density at radius 1 is 1.07 bits per heavy atom. The summed E-state index contributed by atoms with van der Waals surface area (Å²) in [5, 5.41) is 18.3. The molecular weight excluding hydrogens is 356 g/mol. The zero-order valence-corrected chi connectivity index (χ0v) is 16.1. The predicted octanol–water partition coefficient (Wildman–Crippen LogP) is 4.27. The van der Waals surface area contributed by atoms with Crippen LogP contribution in [0.25, 0.3) is 0 Å². The van der Waals surface area contributed by atoms with Crippen molar-refractivity contribution in [2.24, 2.45) is 0 Å². The van der Waals surface area contributed by atoms with E-state index in [-0.39, 0.29) is 11.6 Å². The van der Waals surface area contributed by atoms with Crippen molar-refractivity contribution in [1.82, 2.24) is 9.78 Å². The van der Waals surface area contributed by atoms with Gasteiger partial charge in [-0.15, -0.1) is 0 Å². The van der Waals surface area contributed by atoms with E-state index in [1.807, 2.05) is 36.4 Å². The van der Waals surface area contributed by atoms with Crippen LogP contribution in [-0.2, 0) is 13.0 Å². The molecule has 7 nitrogen and oxygen atoms in total. The van der Waals surface area contributed by atoms with E-state index in [9.17, 15) is 14.9 Å². The van der Waals surface area contributed by atoms with Crippen molar-refractivity contribution in [2.75, 3.05) is 5.32 Å². The number of rotatable bonds is 6. The normalized spacial score (nSPS) is 10.7. The summed E-state index contributed by atoms with van der Waals surface area (Å²) in [5.41, 5.74) is 4.37. The van der Waals surface area contributed by atoms with Gasteiger partial charge in [-0.05, 0) is 55.7 Å². The number of aromatic nitrogens is 2. The minimum atomic E-state index is -0.408. The number of amides is 1. The van der Waals surface area contributed by atoms with Gasteiger partial charge in [-0.25, -0.2) is 0 Å². The Balaban J connectivity index is 1.70. The zero-order chi connectivity index (χ0) is 20.3. The van der Waals surface area contributed by atoms with Gasteiger partial charge < -0.3 is 5.32 Å². The fourth-order valence-electron chi connectivity index (χ4n) is 3.07. The van der Waals surface area contributed by atoms with Crippen LogP contribution in [0, 0.1) is 24.0 Å². The molecule has 0 bridgehead atoms. The molecular formula is C21H22N4O3. The largest absolute Gasteiger partial charge is 0.322 e. The molecule has 0 atom stereocenters. The molecule has 0 unspecified atom stereocenters. The molecule has 3 aromatic rings. The molecule has 1 aromatic heterocycles. The number of aryl methyl sites for hydroxylation is 2. The number of nitro groups is 1. The van der Waals surface area contributed by atoms with E-state index < -0.39 is 4.92 Å². The lowest BCUT2D eigenvalue weighted by Gasteiger charge is -2.08. The van der Waals surface area contributed by atoms with Crippen molar-refractivity contribution < 1.29 is 9.72 Å². The smallest absolute Gasteiger partial charge is 0.312 e. The number of nitrogens with zero attached hydrogens (tertiary/aromatic N) is 3. The summed E-state index contributed by atoms with van der Waals surface area (Å²) in [4.78, 5) is 23.1.